The third-order valence-electron chi connectivity index (χ3n) is 6.16. The fourth-order valence-corrected chi connectivity index (χ4v) is 8.40. The Morgan fingerprint density at radius 2 is 1.83 bits per heavy atom. The van der Waals surface area contributed by atoms with E-state index in [9.17, 15) is 8.42 Å². The Kier molecular flexibility index (Phi) is 6.05. The lowest BCUT2D eigenvalue weighted by Crippen LogP contribution is -2.41. The van der Waals surface area contributed by atoms with Crippen molar-refractivity contribution in [3.05, 3.63) is 35.9 Å². The van der Waals surface area contributed by atoms with E-state index in [0.29, 0.717) is 13.8 Å². The number of nitrogens with zero attached hydrogens (tertiary/aromatic N) is 2. The topological polar surface area (TPSA) is 52.7 Å². The number of benzene rings is 1. The predicted octanol–water partition coefficient (Wildman–Crippen LogP) is 4.51. The first kappa shape index (κ1) is 21.9. The SMILES string of the molecule is C=S(=O)(c1ccc(S(=O)Nc2cccc(C)c2N2CCC(C)(C)CC2)s1)N1CCC1. The molecule has 164 valence electrons. The molecule has 3 heterocycles. The summed E-state index contributed by atoms with van der Waals surface area (Å²) in [6, 6.07) is 9.74. The maximum atomic E-state index is 13.1. The number of hydrogen-bond acceptors (Lipinski definition) is 4. The zero-order valence-electron chi connectivity index (χ0n) is 18.0. The van der Waals surface area contributed by atoms with Gasteiger partial charge in [0, 0.05) is 26.2 Å². The van der Waals surface area contributed by atoms with Crippen LogP contribution in [-0.2, 0) is 20.7 Å². The highest BCUT2D eigenvalue weighted by Gasteiger charge is 2.28. The first-order valence-corrected chi connectivity index (χ1v) is 14.1. The monoisotopic (exact) mass is 465 g/mol. The van der Waals surface area contributed by atoms with Gasteiger partial charge in [0.1, 0.15) is 4.21 Å². The van der Waals surface area contributed by atoms with Crippen molar-refractivity contribution in [1.29, 1.82) is 0 Å². The Balaban J connectivity index is 1.54. The van der Waals surface area contributed by atoms with Crippen LogP contribution in [0.4, 0.5) is 11.4 Å². The van der Waals surface area contributed by atoms with Crippen LogP contribution in [-0.4, -0.2) is 44.8 Å². The summed E-state index contributed by atoms with van der Waals surface area (Å²) >= 11 is 1.33. The van der Waals surface area contributed by atoms with Crippen molar-refractivity contribution in [2.75, 3.05) is 35.8 Å². The molecule has 1 N–H and O–H groups in total. The van der Waals surface area contributed by atoms with Gasteiger partial charge in [0.25, 0.3) is 0 Å². The van der Waals surface area contributed by atoms with E-state index in [-0.39, 0.29) is 0 Å². The molecule has 2 atom stereocenters. The number of piperidine rings is 1. The molecule has 2 unspecified atom stereocenters. The zero-order valence-corrected chi connectivity index (χ0v) is 20.4. The summed E-state index contributed by atoms with van der Waals surface area (Å²) in [5, 5.41) is 0. The molecule has 5 nitrogen and oxygen atoms in total. The normalized spacial score (nSPS) is 22.2. The van der Waals surface area contributed by atoms with Gasteiger partial charge in [-0.15, -0.1) is 11.3 Å². The van der Waals surface area contributed by atoms with Gasteiger partial charge in [-0.3, -0.25) is 4.72 Å². The molecule has 2 aliphatic heterocycles. The Morgan fingerprint density at radius 1 is 1.13 bits per heavy atom. The maximum Gasteiger partial charge on any atom is 0.160 e. The average molecular weight is 466 g/mol. The number of aryl methyl sites for hydroxylation is 1. The Labute approximate surface area is 187 Å². The lowest BCUT2D eigenvalue weighted by molar-refractivity contribution is 0.280. The van der Waals surface area contributed by atoms with Crippen molar-refractivity contribution < 1.29 is 8.42 Å². The molecule has 1 aromatic heterocycles. The van der Waals surface area contributed by atoms with Crippen LogP contribution in [0.3, 0.4) is 0 Å². The van der Waals surface area contributed by atoms with Crippen LogP contribution in [0.1, 0.15) is 38.7 Å². The quantitative estimate of drug-likeness (QED) is 0.639. The molecule has 0 saturated carbocycles. The molecule has 8 heteroatoms. The molecule has 30 heavy (non-hydrogen) atoms. The average Bonchev–Trinajstić information content (AvgIpc) is 3.12. The van der Waals surface area contributed by atoms with E-state index in [2.05, 4.69) is 42.3 Å². The smallest absolute Gasteiger partial charge is 0.160 e. The number of rotatable bonds is 6. The number of thiophene rings is 1. The number of nitrogens with one attached hydrogen (secondary N) is 1. The zero-order chi connectivity index (χ0) is 21.5. The molecule has 2 aromatic rings. The summed E-state index contributed by atoms with van der Waals surface area (Å²) in [6.45, 7) is 10.4. The van der Waals surface area contributed by atoms with Crippen molar-refractivity contribution in [2.24, 2.45) is 5.41 Å². The van der Waals surface area contributed by atoms with E-state index in [1.165, 1.54) is 16.9 Å². The Hall–Kier alpha value is -1.35. The van der Waals surface area contributed by atoms with Gasteiger partial charge in [-0.05, 0) is 61.2 Å². The third-order valence-corrected chi connectivity index (χ3v) is 11.4. The van der Waals surface area contributed by atoms with Gasteiger partial charge in [-0.1, -0.05) is 26.0 Å². The summed E-state index contributed by atoms with van der Waals surface area (Å²) < 4.78 is 32.7. The molecular weight excluding hydrogens is 434 g/mol. The van der Waals surface area contributed by atoms with E-state index in [1.807, 2.05) is 28.6 Å². The summed E-state index contributed by atoms with van der Waals surface area (Å²) in [7, 11) is -3.86. The number of para-hydroxylation sites is 1. The lowest BCUT2D eigenvalue weighted by Gasteiger charge is -2.39. The van der Waals surface area contributed by atoms with Crippen LogP contribution in [0.25, 0.3) is 0 Å². The molecule has 0 amide bonds. The van der Waals surface area contributed by atoms with Crippen molar-refractivity contribution in [3.63, 3.8) is 0 Å². The molecule has 2 fully saturated rings. The standard InChI is InChI=1S/C22H31N3O2S3/c1-17-7-5-8-18(21(17)24-15-11-22(2,3)12-16-24)23-29(26)19-9-10-20(28-19)30(4,27)25-13-6-14-25/h5,7-10,23H,4,6,11-16H2,1-3H3. The fourth-order valence-electron chi connectivity index (χ4n) is 3.93. The van der Waals surface area contributed by atoms with E-state index >= 15 is 0 Å². The van der Waals surface area contributed by atoms with E-state index in [0.717, 1.165) is 56.8 Å². The summed E-state index contributed by atoms with van der Waals surface area (Å²) in [5.74, 6) is 3.96. The van der Waals surface area contributed by atoms with Gasteiger partial charge >= 0.3 is 0 Å². The highest BCUT2D eigenvalue weighted by molar-refractivity contribution is 8.00. The fraction of sp³-hybridized carbons (Fsp3) is 0.500. The molecule has 4 rings (SSSR count). The van der Waals surface area contributed by atoms with Gasteiger partial charge in [-0.25, -0.2) is 12.7 Å². The first-order valence-electron chi connectivity index (χ1n) is 10.4. The first-order chi connectivity index (χ1) is 14.2. The van der Waals surface area contributed by atoms with Crippen LogP contribution in [0, 0.1) is 12.3 Å². The van der Waals surface area contributed by atoms with Crippen LogP contribution in [0.2, 0.25) is 0 Å². The molecule has 0 bridgehead atoms. The number of hydrogen-bond donors (Lipinski definition) is 1. The maximum absolute atomic E-state index is 13.1. The van der Waals surface area contributed by atoms with Crippen LogP contribution >= 0.6 is 11.3 Å². The Bertz CT molecular complexity index is 1050. The van der Waals surface area contributed by atoms with Crippen LogP contribution in [0.15, 0.2) is 38.8 Å². The molecule has 2 saturated heterocycles. The molecule has 1 aromatic carbocycles. The van der Waals surface area contributed by atoms with Gasteiger partial charge in [0.05, 0.1) is 25.3 Å². The van der Waals surface area contributed by atoms with Crippen molar-refractivity contribution in [2.45, 2.75) is 48.5 Å². The van der Waals surface area contributed by atoms with Gasteiger partial charge in [0.15, 0.2) is 11.0 Å². The lowest BCUT2D eigenvalue weighted by atomic mass is 9.82. The Morgan fingerprint density at radius 3 is 2.47 bits per heavy atom. The summed E-state index contributed by atoms with van der Waals surface area (Å²) in [6.07, 6.45) is 3.35. The molecular formula is C22H31N3O2S3. The van der Waals surface area contributed by atoms with Gasteiger partial charge in [0.2, 0.25) is 0 Å². The third kappa shape index (κ3) is 4.33. The molecule has 2 aliphatic rings. The minimum atomic E-state index is -2.45. The minimum Gasteiger partial charge on any atom is -0.370 e. The minimum absolute atomic E-state index is 0.376. The highest BCUT2D eigenvalue weighted by Crippen LogP contribution is 2.38. The van der Waals surface area contributed by atoms with Gasteiger partial charge < -0.3 is 4.90 Å². The second-order valence-corrected chi connectivity index (χ2v) is 14.0. The summed E-state index contributed by atoms with van der Waals surface area (Å²) in [5.41, 5.74) is 3.59. The van der Waals surface area contributed by atoms with Crippen LogP contribution < -0.4 is 9.62 Å². The van der Waals surface area contributed by atoms with E-state index in [4.69, 9.17) is 0 Å². The second-order valence-electron chi connectivity index (χ2n) is 8.99. The largest absolute Gasteiger partial charge is 0.370 e. The molecule has 0 spiro atoms. The number of anilines is 2. The van der Waals surface area contributed by atoms with E-state index < -0.39 is 20.7 Å². The van der Waals surface area contributed by atoms with Crippen molar-refractivity contribution in [3.8, 4) is 0 Å². The molecule has 0 radical (unpaired) electrons. The highest BCUT2D eigenvalue weighted by atomic mass is 32.2. The summed E-state index contributed by atoms with van der Waals surface area (Å²) in [4.78, 5) is 2.41. The van der Waals surface area contributed by atoms with E-state index in [1.54, 1.807) is 0 Å². The van der Waals surface area contributed by atoms with Crippen molar-refractivity contribution in [1.82, 2.24) is 4.31 Å². The van der Waals surface area contributed by atoms with Crippen molar-refractivity contribution >= 4 is 49.3 Å². The predicted molar refractivity (Wildman–Crippen MR) is 130 cm³/mol. The van der Waals surface area contributed by atoms with Crippen LogP contribution in [0.5, 0.6) is 0 Å². The second kappa shape index (κ2) is 8.30. The van der Waals surface area contributed by atoms with Gasteiger partial charge in [-0.2, -0.15) is 0 Å². The molecule has 0 aliphatic carbocycles.